The van der Waals surface area contributed by atoms with Gasteiger partial charge in [-0.25, -0.2) is 0 Å². The smallest absolute Gasteiger partial charge is 0.258 e. The van der Waals surface area contributed by atoms with Gasteiger partial charge >= 0.3 is 0 Å². The van der Waals surface area contributed by atoms with Crippen LogP contribution in [0.1, 0.15) is 32.8 Å². The largest absolute Gasteiger partial charge is 0.490 e. The maximum atomic E-state index is 5.71. The Morgan fingerprint density at radius 3 is 2.62 bits per heavy atom. The molecule has 0 amide bonds. The highest BCUT2D eigenvalue weighted by Gasteiger charge is 2.16. The molecule has 2 heterocycles. The van der Waals surface area contributed by atoms with Crippen molar-refractivity contribution in [3.05, 3.63) is 48.2 Å². The molecular weight excluding hydrogens is 366 g/mol. The number of hydrogen-bond donors (Lipinski definition) is 1. The van der Waals surface area contributed by atoms with E-state index in [1.807, 2.05) is 44.2 Å². The number of aromatic nitrogens is 3. The van der Waals surface area contributed by atoms with Crippen LogP contribution < -0.4 is 9.47 Å². The lowest BCUT2D eigenvalue weighted by Crippen LogP contribution is -1.98. The molecule has 0 aliphatic rings. The van der Waals surface area contributed by atoms with Gasteiger partial charge in [0.1, 0.15) is 0 Å². The maximum Gasteiger partial charge on any atom is 0.258 e. The zero-order valence-electron chi connectivity index (χ0n) is 17.0. The Kier molecular flexibility index (Phi) is 5.51. The number of benzene rings is 2. The lowest BCUT2D eigenvalue weighted by Gasteiger charge is -2.11. The molecular formula is C23H25N3O3. The molecule has 1 N–H and O–H groups in total. The summed E-state index contributed by atoms with van der Waals surface area (Å²) < 4.78 is 16.9. The highest BCUT2D eigenvalue weighted by Crippen LogP contribution is 2.34. The predicted octanol–water partition coefficient (Wildman–Crippen LogP) is 5.63. The van der Waals surface area contributed by atoms with E-state index in [1.165, 1.54) is 10.9 Å². The number of ether oxygens (including phenoxy) is 2. The number of fused-ring (bicyclic) bond motifs is 1. The van der Waals surface area contributed by atoms with E-state index in [9.17, 15) is 0 Å². The standard InChI is InChI=1S/C23H25N3O3/c1-4-8-16-14-24-21-17(16)9-7-10-18(21)22-25-23(29-26-22)15-11-12-19(27-5-2)20(13-15)28-6-3/h7,9-14,24H,4-6,8H2,1-3H3. The van der Waals surface area contributed by atoms with Crippen molar-refractivity contribution in [2.45, 2.75) is 33.6 Å². The molecule has 0 saturated carbocycles. The van der Waals surface area contributed by atoms with Crippen LogP contribution in [-0.2, 0) is 6.42 Å². The molecule has 2 aromatic heterocycles. The molecule has 6 nitrogen and oxygen atoms in total. The fourth-order valence-electron chi connectivity index (χ4n) is 3.51. The second kappa shape index (κ2) is 8.39. The predicted molar refractivity (Wildman–Crippen MR) is 113 cm³/mol. The molecule has 29 heavy (non-hydrogen) atoms. The summed E-state index contributed by atoms with van der Waals surface area (Å²) in [5.74, 6) is 2.38. The Labute approximate surface area is 169 Å². The van der Waals surface area contributed by atoms with Crippen molar-refractivity contribution in [3.63, 3.8) is 0 Å². The lowest BCUT2D eigenvalue weighted by atomic mass is 10.1. The molecule has 150 valence electrons. The van der Waals surface area contributed by atoms with E-state index in [1.54, 1.807) is 0 Å². The summed E-state index contributed by atoms with van der Waals surface area (Å²) in [6, 6.07) is 11.8. The van der Waals surface area contributed by atoms with E-state index in [0.717, 1.165) is 29.5 Å². The lowest BCUT2D eigenvalue weighted by molar-refractivity contribution is 0.288. The third kappa shape index (κ3) is 3.70. The monoisotopic (exact) mass is 391 g/mol. The number of nitrogens with one attached hydrogen (secondary N) is 1. The van der Waals surface area contributed by atoms with E-state index >= 15 is 0 Å². The summed E-state index contributed by atoms with van der Waals surface area (Å²) in [5.41, 5.74) is 4.06. The summed E-state index contributed by atoms with van der Waals surface area (Å²) >= 11 is 0. The minimum atomic E-state index is 0.446. The molecule has 0 bridgehead atoms. The fourth-order valence-corrected chi connectivity index (χ4v) is 3.51. The second-order valence-corrected chi connectivity index (χ2v) is 6.74. The summed E-state index contributed by atoms with van der Waals surface area (Å²) in [4.78, 5) is 8.02. The van der Waals surface area contributed by atoms with Crippen molar-refractivity contribution in [2.75, 3.05) is 13.2 Å². The molecule has 4 rings (SSSR count). The molecule has 0 saturated heterocycles. The Morgan fingerprint density at radius 1 is 1.00 bits per heavy atom. The molecule has 0 unspecified atom stereocenters. The van der Waals surface area contributed by atoms with Crippen LogP contribution in [0.15, 0.2) is 47.1 Å². The van der Waals surface area contributed by atoms with Gasteiger partial charge in [-0.15, -0.1) is 0 Å². The van der Waals surface area contributed by atoms with Crippen LogP contribution in [0.25, 0.3) is 33.7 Å². The van der Waals surface area contributed by atoms with Crippen molar-refractivity contribution in [3.8, 4) is 34.3 Å². The highest BCUT2D eigenvalue weighted by molar-refractivity contribution is 5.94. The van der Waals surface area contributed by atoms with Crippen molar-refractivity contribution in [2.24, 2.45) is 0 Å². The SMILES string of the molecule is CCCc1c[nH]c2c(-c3noc(-c4ccc(OCC)c(OCC)c4)n3)cccc12. The van der Waals surface area contributed by atoms with Crippen molar-refractivity contribution in [1.29, 1.82) is 0 Å². The molecule has 0 aliphatic heterocycles. The molecule has 0 aliphatic carbocycles. The van der Waals surface area contributed by atoms with Gasteiger partial charge < -0.3 is 19.0 Å². The number of rotatable bonds is 8. The van der Waals surface area contributed by atoms with Crippen LogP contribution in [0.4, 0.5) is 0 Å². The van der Waals surface area contributed by atoms with Crippen LogP contribution >= 0.6 is 0 Å². The molecule has 6 heteroatoms. The Hall–Kier alpha value is -3.28. The first-order valence-electron chi connectivity index (χ1n) is 10.1. The summed E-state index contributed by atoms with van der Waals surface area (Å²) in [6.45, 7) is 7.19. The van der Waals surface area contributed by atoms with E-state index in [2.05, 4.69) is 34.3 Å². The van der Waals surface area contributed by atoms with Crippen molar-refractivity contribution < 1.29 is 14.0 Å². The van der Waals surface area contributed by atoms with Gasteiger partial charge in [-0.3, -0.25) is 0 Å². The number of para-hydroxylation sites is 1. The molecule has 0 fully saturated rings. The molecule has 0 atom stereocenters. The summed E-state index contributed by atoms with van der Waals surface area (Å²) in [7, 11) is 0. The Bertz CT molecular complexity index is 1110. The fraction of sp³-hybridized carbons (Fsp3) is 0.304. The van der Waals surface area contributed by atoms with E-state index < -0.39 is 0 Å². The quantitative estimate of drug-likeness (QED) is 0.421. The Balaban J connectivity index is 1.70. The van der Waals surface area contributed by atoms with E-state index in [-0.39, 0.29) is 0 Å². The first kappa shape index (κ1) is 19.1. The van der Waals surface area contributed by atoms with Crippen LogP contribution in [0.5, 0.6) is 11.5 Å². The average molecular weight is 391 g/mol. The third-order valence-corrected chi connectivity index (χ3v) is 4.78. The van der Waals surface area contributed by atoms with Crippen LogP contribution in [-0.4, -0.2) is 28.3 Å². The van der Waals surface area contributed by atoms with Gasteiger partial charge in [0.2, 0.25) is 5.82 Å². The van der Waals surface area contributed by atoms with Gasteiger partial charge in [-0.05, 0) is 50.1 Å². The zero-order chi connectivity index (χ0) is 20.2. The average Bonchev–Trinajstić information content (AvgIpc) is 3.38. The summed E-state index contributed by atoms with van der Waals surface area (Å²) in [6.07, 6.45) is 4.20. The third-order valence-electron chi connectivity index (χ3n) is 4.78. The van der Waals surface area contributed by atoms with Gasteiger partial charge in [0, 0.05) is 22.7 Å². The number of nitrogens with zero attached hydrogens (tertiary/aromatic N) is 2. The number of aryl methyl sites for hydroxylation is 1. The van der Waals surface area contributed by atoms with E-state index in [0.29, 0.717) is 36.4 Å². The van der Waals surface area contributed by atoms with Gasteiger partial charge in [0.25, 0.3) is 5.89 Å². The zero-order valence-corrected chi connectivity index (χ0v) is 17.0. The molecule has 0 radical (unpaired) electrons. The highest BCUT2D eigenvalue weighted by atomic mass is 16.5. The van der Waals surface area contributed by atoms with Gasteiger partial charge in [-0.2, -0.15) is 4.98 Å². The maximum absolute atomic E-state index is 5.71. The normalized spacial score (nSPS) is 11.1. The Morgan fingerprint density at radius 2 is 1.83 bits per heavy atom. The second-order valence-electron chi connectivity index (χ2n) is 6.74. The number of hydrogen-bond acceptors (Lipinski definition) is 5. The number of H-pyrrole nitrogens is 1. The summed E-state index contributed by atoms with van der Waals surface area (Å²) in [5, 5.41) is 5.43. The topological polar surface area (TPSA) is 73.2 Å². The van der Waals surface area contributed by atoms with Gasteiger partial charge in [0.05, 0.1) is 18.7 Å². The minimum absolute atomic E-state index is 0.446. The van der Waals surface area contributed by atoms with Crippen LogP contribution in [0, 0.1) is 0 Å². The molecule has 4 aromatic rings. The van der Waals surface area contributed by atoms with Crippen molar-refractivity contribution in [1.82, 2.24) is 15.1 Å². The van der Waals surface area contributed by atoms with Crippen LogP contribution in [0.2, 0.25) is 0 Å². The van der Waals surface area contributed by atoms with Gasteiger partial charge in [-0.1, -0.05) is 30.6 Å². The van der Waals surface area contributed by atoms with Crippen molar-refractivity contribution >= 4 is 10.9 Å². The van der Waals surface area contributed by atoms with Gasteiger partial charge in [0.15, 0.2) is 11.5 Å². The molecule has 2 aromatic carbocycles. The number of aromatic amines is 1. The molecule has 0 spiro atoms. The van der Waals surface area contributed by atoms with E-state index in [4.69, 9.17) is 14.0 Å². The first-order chi connectivity index (χ1) is 14.2. The first-order valence-corrected chi connectivity index (χ1v) is 10.1. The minimum Gasteiger partial charge on any atom is -0.490 e. The van der Waals surface area contributed by atoms with Crippen LogP contribution in [0.3, 0.4) is 0 Å².